The summed E-state index contributed by atoms with van der Waals surface area (Å²) >= 11 is 17.8. The zero-order chi connectivity index (χ0) is 13.7. The standard InChI is InChI=1S/C12H15Cl3N2O/c1-2-3-7(6-16)12(18)17-11-9(14)4-8(13)5-10(11)15/h4-5,7H,2-3,6,16H2,1H3,(H,17,18). The first-order chi connectivity index (χ1) is 8.49. The highest BCUT2D eigenvalue weighted by Gasteiger charge is 2.18. The van der Waals surface area contributed by atoms with Crippen LogP contribution in [0.4, 0.5) is 5.69 Å². The van der Waals surface area contributed by atoms with E-state index >= 15 is 0 Å². The minimum Gasteiger partial charge on any atom is -0.330 e. The predicted octanol–water partition coefficient (Wildman–Crippen LogP) is 3.96. The van der Waals surface area contributed by atoms with E-state index < -0.39 is 0 Å². The van der Waals surface area contributed by atoms with E-state index in [1.165, 1.54) is 12.1 Å². The predicted molar refractivity (Wildman–Crippen MR) is 77.6 cm³/mol. The van der Waals surface area contributed by atoms with Crippen LogP contribution in [0.15, 0.2) is 12.1 Å². The van der Waals surface area contributed by atoms with Gasteiger partial charge in [-0.2, -0.15) is 0 Å². The van der Waals surface area contributed by atoms with Gasteiger partial charge in [0.05, 0.1) is 21.7 Å². The van der Waals surface area contributed by atoms with Crippen LogP contribution in [-0.2, 0) is 4.79 Å². The van der Waals surface area contributed by atoms with Crippen molar-refractivity contribution in [3.63, 3.8) is 0 Å². The van der Waals surface area contributed by atoms with E-state index in [1.54, 1.807) is 0 Å². The Labute approximate surface area is 122 Å². The first-order valence-electron chi connectivity index (χ1n) is 5.65. The van der Waals surface area contributed by atoms with Gasteiger partial charge in [0.15, 0.2) is 0 Å². The average Bonchev–Trinajstić information content (AvgIpc) is 2.30. The van der Waals surface area contributed by atoms with Gasteiger partial charge in [-0.15, -0.1) is 0 Å². The minimum atomic E-state index is -0.238. The molecule has 0 aliphatic heterocycles. The lowest BCUT2D eigenvalue weighted by molar-refractivity contribution is -0.119. The highest BCUT2D eigenvalue weighted by molar-refractivity contribution is 6.42. The normalized spacial score (nSPS) is 12.3. The molecule has 0 radical (unpaired) electrons. The van der Waals surface area contributed by atoms with Gasteiger partial charge in [0.25, 0.3) is 0 Å². The number of hydrogen-bond donors (Lipinski definition) is 2. The summed E-state index contributed by atoms with van der Waals surface area (Å²) in [5.41, 5.74) is 5.94. The van der Waals surface area contributed by atoms with E-state index in [-0.39, 0.29) is 11.8 Å². The van der Waals surface area contributed by atoms with Gasteiger partial charge in [-0.05, 0) is 18.6 Å². The van der Waals surface area contributed by atoms with Crippen molar-refractivity contribution in [3.05, 3.63) is 27.2 Å². The number of halogens is 3. The molecule has 0 aliphatic rings. The van der Waals surface area contributed by atoms with Crippen LogP contribution in [-0.4, -0.2) is 12.5 Å². The zero-order valence-electron chi connectivity index (χ0n) is 9.97. The highest BCUT2D eigenvalue weighted by Crippen LogP contribution is 2.34. The van der Waals surface area contributed by atoms with Crippen LogP contribution < -0.4 is 11.1 Å². The Morgan fingerprint density at radius 3 is 2.33 bits per heavy atom. The van der Waals surface area contributed by atoms with E-state index in [9.17, 15) is 4.79 Å². The SMILES string of the molecule is CCCC(CN)C(=O)Nc1c(Cl)cc(Cl)cc1Cl. The molecule has 1 aromatic rings. The molecular formula is C12H15Cl3N2O. The topological polar surface area (TPSA) is 55.1 Å². The number of anilines is 1. The van der Waals surface area contributed by atoms with Crippen molar-refractivity contribution in [2.75, 3.05) is 11.9 Å². The van der Waals surface area contributed by atoms with Crippen LogP contribution in [0.25, 0.3) is 0 Å². The third-order valence-electron chi connectivity index (χ3n) is 2.55. The van der Waals surface area contributed by atoms with Crippen LogP contribution in [0.5, 0.6) is 0 Å². The lowest BCUT2D eigenvalue weighted by Gasteiger charge is -2.15. The number of hydrogen-bond acceptors (Lipinski definition) is 2. The second-order valence-corrected chi connectivity index (χ2v) is 5.21. The molecule has 0 aromatic heterocycles. The Morgan fingerprint density at radius 1 is 1.33 bits per heavy atom. The summed E-state index contributed by atoms with van der Waals surface area (Å²) in [7, 11) is 0. The third kappa shape index (κ3) is 4.02. The molecule has 6 heteroatoms. The molecule has 0 saturated carbocycles. The maximum absolute atomic E-state index is 12.0. The van der Waals surface area contributed by atoms with Crippen LogP contribution in [0.1, 0.15) is 19.8 Å². The molecule has 0 saturated heterocycles. The summed E-state index contributed by atoms with van der Waals surface area (Å²) in [6, 6.07) is 3.06. The molecule has 0 fully saturated rings. The van der Waals surface area contributed by atoms with Crippen molar-refractivity contribution in [3.8, 4) is 0 Å². The molecule has 100 valence electrons. The Kier molecular flexibility index (Phi) is 6.22. The molecular weight excluding hydrogens is 295 g/mol. The molecule has 1 rings (SSSR count). The number of rotatable bonds is 5. The van der Waals surface area contributed by atoms with Crippen LogP contribution in [0, 0.1) is 5.92 Å². The largest absolute Gasteiger partial charge is 0.330 e. The van der Waals surface area contributed by atoms with Gasteiger partial charge < -0.3 is 11.1 Å². The maximum Gasteiger partial charge on any atom is 0.228 e. The summed E-state index contributed by atoms with van der Waals surface area (Å²) in [4.78, 5) is 12.0. The van der Waals surface area contributed by atoms with Crippen molar-refractivity contribution in [1.82, 2.24) is 0 Å². The molecule has 1 amide bonds. The molecule has 3 nitrogen and oxygen atoms in total. The third-order valence-corrected chi connectivity index (χ3v) is 3.36. The summed E-state index contributed by atoms with van der Waals surface area (Å²) in [5, 5.41) is 3.75. The number of nitrogens with two attached hydrogens (primary N) is 1. The Balaban J connectivity index is 2.87. The van der Waals surface area contributed by atoms with Crippen molar-refractivity contribution in [2.24, 2.45) is 11.7 Å². The molecule has 0 spiro atoms. The number of carbonyl (C=O) groups excluding carboxylic acids is 1. The Morgan fingerprint density at radius 2 is 1.89 bits per heavy atom. The molecule has 0 heterocycles. The maximum atomic E-state index is 12.0. The van der Waals surface area contributed by atoms with E-state index in [2.05, 4.69) is 5.32 Å². The lowest BCUT2D eigenvalue weighted by atomic mass is 10.0. The van der Waals surface area contributed by atoms with Gasteiger partial charge in [0.1, 0.15) is 0 Å². The summed E-state index contributed by atoms with van der Waals surface area (Å²) in [5.74, 6) is -0.414. The Hall–Kier alpha value is -0.480. The number of benzene rings is 1. The second-order valence-electron chi connectivity index (χ2n) is 3.95. The van der Waals surface area contributed by atoms with Crippen LogP contribution in [0.3, 0.4) is 0 Å². The quantitative estimate of drug-likeness (QED) is 0.865. The minimum absolute atomic E-state index is 0.175. The number of amides is 1. The first kappa shape index (κ1) is 15.6. The van der Waals surface area contributed by atoms with E-state index in [4.69, 9.17) is 40.5 Å². The van der Waals surface area contributed by atoms with Gasteiger partial charge in [-0.25, -0.2) is 0 Å². The zero-order valence-corrected chi connectivity index (χ0v) is 12.2. The van der Waals surface area contributed by atoms with Gasteiger partial charge in [-0.1, -0.05) is 48.1 Å². The van der Waals surface area contributed by atoms with Crippen LogP contribution >= 0.6 is 34.8 Å². The fourth-order valence-corrected chi connectivity index (χ4v) is 2.50. The molecule has 1 unspecified atom stereocenters. The smallest absolute Gasteiger partial charge is 0.228 e. The molecule has 3 N–H and O–H groups in total. The van der Waals surface area contributed by atoms with Gasteiger partial charge in [0, 0.05) is 11.6 Å². The lowest BCUT2D eigenvalue weighted by Crippen LogP contribution is -2.29. The number of nitrogens with one attached hydrogen (secondary N) is 1. The summed E-state index contributed by atoms with van der Waals surface area (Å²) < 4.78 is 0. The summed E-state index contributed by atoms with van der Waals surface area (Å²) in [6.45, 7) is 2.29. The highest BCUT2D eigenvalue weighted by atomic mass is 35.5. The van der Waals surface area contributed by atoms with Gasteiger partial charge >= 0.3 is 0 Å². The van der Waals surface area contributed by atoms with E-state index in [0.29, 0.717) is 27.3 Å². The van der Waals surface area contributed by atoms with Crippen LogP contribution in [0.2, 0.25) is 15.1 Å². The van der Waals surface area contributed by atoms with Crippen molar-refractivity contribution >= 4 is 46.4 Å². The average molecular weight is 310 g/mol. The first-order valence-corrected chi connectivity index (χ1v) is 6.78. The van der Waals surface area contributed by atoms with Crippen molar-refractivity contribution in [1.29, 1.82) is 0 Å². The van der Waals surface area contributed by atoms with E-state index in [1.807, 2.05) is 6.92 Å². The molecule has 0 aliphatic carbocycles. The monoisotopic (exact) mass is 308 g/mol. The Bertz CT molecular complexity index is 414. The van der Waals surface area contributed by atoms with Crippen molar-refractivity contribution < 1.29 is 4.79 Å². The molecule has 1 aromatic carbocycles. The van der Waals surface area contributed by atoms with Crippen molar-refractivity contribution in [2.45, 2.75) is 19.8 Å². The van der Waals surface area contributed by atoms with Gasteiger partial charge in [0.2, 0.25) is 5.91 Å². The fraction of sp³-hybridized carbons (Fsp3) is 0.417. The molecule has 0 bridgehead atoms. The van der Waals surface area contributed by atoms with E-state index in [0.717, 1.165) is 12.8 Å². The fourth-order valence-electron chi connectivity index (χ4n) is 1.59. The van der Waals surface area contributed by atoms with Gasteiger partial charge in [-0.3, -0.25) is 4.79 Å². The second kappa shape index (κ2) is 7.19. The summed E-state index contributed by atoms with van der Waals surface area (Å²) in [6.07, 6.45) is 1.61. The molecule has 1 atom stereocenters. The molecule has 18 heavy (non-hydrogen) atoms. The number of carbonyl (C=O) groups is 1.